The van der Waals surface area contributed by atoms with Gasteiger partial charge in [0.05, 0.1) is 0 Å². The van der Waals surface area contributed by atoms with E-state index in [0.29, 0.717) is 9.79 Å². The summed E-state index contributed by atoms with van der Waals surface area (Å²) in [5.41, 5.74) is -0.152. The number of phenols is 1. The summed E-state index contributed by atoms with van der Waals surface area (Å²) in [5, 5.41) is 20.9. The van der Waals surface area contributed by atoms with E-state index in [1.807, 2.05) is 0 Å². The molecule has 0 atom stereocenters. The SMILES string of the molecule is N#Cc1c(F)cccc1Sc1ccc(O)c(N=O)c1. The third-order valence-corrected chi connectivity index (χ3v) is 3.41. The molecule has 2 aromatic carbocycles. The molecule has 0 spiro atoms. The Labute approximate surface area is 112 Å². The second kappa shape index (κ2) is 5.50. The van der Waals surface area contributed by atoms with Crippen LogP contribution in [0.15, 0.2) is 51.4 Å². The van der Waals surface area contributed by atoms with Crippen LogP contribution in [0.5, 0.6) is 5.75 Å². The second-order valence-electron chi connectivity index (χ2n) is 3.57. The summed E-state index contributed by atoms with van der Waals surface area (Å²) in [6, 6.07) is 10.4. The molecule has 94 valence electrons. The van der Waals surface area contributed by atoms with Gasteiger partial charge in [0.1, 0.15) is 23.2 Å². The minimum atomic E-state index is -0.597. The lowest BCUT2D eigenvalue weighted by molar-refractivity contribution is 0.476. The van der Waals surface area contributed by atoms with Gasteiger partial charge in [-0.15, -0.1) is 4.91 Å². The Hall–Kier alpha value is -2.39. The van der Waals surface area contributed by atoms with Gasteiger partial charge in [0.2, 0.25) is 0 Å². The molecule has 1 N–H and O–H groups in total. The molecule has 2 rings (SSSR count). The van der Waals surface area contributed by atoms with Gasteiger partial charge in [-0.25, -0.2) is 4.39 Å². The maximum atomic E-state index is 13.4. The molecule has 0 amide bonds. The van der Waals surface area contributed by atoms with Crippen LogP contribution < -0.4 is 0 Å². The van der Waals surface area contributed by atoms with Crippen LogP contribution in [0, 0.1) is 22.1 Å². The molecule has 2 aromatic rings. The molecule has 0 aliphatic heterocycles. The third kappa shape index (κ3) is 2.72. The molecular formula is C13H7FN2O2S. The van der Waals surface area contributed by atoms with Crippen LogP contribution >= 0.6 is 11.8 Å². The van der Waals surface area contributed by atoms with E-state index >= 15 is 0 Å². The van der Waals surface area contributed by atoms with Crippen molar-refractivity contribution < 1.29 is 9.50 Å². The first kappa shape index (κ1) is 13.1. The van der Waals surface area contributed by atoms with Crippen LogP contribution in [-0.2, 0) is 0 Å². The van der Waals surface area contributed by atoms with Gasteiger partial charge in [-0.1, -0.05) is 17.8 Å². The molecule has 6 heteroatoms. The minimum absolute atomic E-state index is 0.0545. The molecule has 19 heavy (non-hydrogen) atoms. The number of halogens is 1. The number of nitrogens with zero attached hydrogens (tertiary/aromatic N) is 2. The van der Waals surface area contributed by atoms with Gasteiger partial charge in [0.25, 0.3) is 0 Å². The lowest BCUT2D eigenvalue weighted by Gasteiger charge is -2.05. The van der Waals surface area contributed by atoms with E-state index in [1.54, 1.807) is 18.2 Å². The quantitative estimate of drug-likeness (QED) is 0.860. The smallest absolute Gasteiger partial charge is 0.150 e. The van der Waals surface area contributed by atoms with E-state index in [1.165, 1.54) is 24.3 Å². The predicted octanol–water partition coefficient (Wildman–Crippen LogP) is 3.95. The van der Waals surface area contributed by atoms with Crippen molar-refractivity contribution in [3.05, 3.63) is 52.7 Å². The zero-order chi connectivity index (χ0) is 13.8. The van der Waals surface area contributed by atoms with Crippen molar-refractivity contribution in [2.45, 2.75) is 9.79 Å². The summed E-state index contributed by atoms with van der Waals surface area (Å²) >= 11 is 1.12. The number of nitriles is 1. The Balaban J connectivity index is 2.40. The standard InChI is InChI=1S/C13H7FN2O2S/c14-10-2-1-3-13(9(10)7-15)19-8-4-5-12(17)11(6-8)16-18/h1-6,17H. The highest BCUT2D eigenvalue weighted by Crippen LogP contribution is 2.36. The zero-order valence-electron chi connectivity index (χ0n) is 9.50. The average molecular weight is 274 g/mol. The topological polar surface area (TPSA) is 73.4 Å². The van der Waals surface area contributed by atoms with Gasteiger partial charge in [-0.2, -0.15) is 5.26 Å². The van der Waals surface area contributed by atoms with Crippen molar-refractivity contribution in [3.8, 4) is 11.8 Å². The summed E-state index contributed by atoms with van der Waals surface area (Å²) in [6.45, 7) is 0. The molecule has 0 saturated carbocycles. The average Bonchev–Trinajstić information content (AvgIpc) is 2.41. The number of aromatic hydroxyl groups is 1. The first-order valence-electron chi connectivity index (χ1n) is 5.18. The fourth-order valence-corrected chi connectivity index (χ4v) is 2.42. The summed E-state index contributed by atoms with van der Waals surface area (Å²) in [6.07, 6.45) is 0. The number of benzene rings is 2. The van der Waals surface area contributed by atoms with Crippen molar-refractivity contribution in [1.29, 1.82) is 5.26 Å². The lowest BCUT2D eigenvalue weighted by Crippen LogP contribution is -1.86. The number of nitroso groups, excluding NO2 is 1. The maximum absolute atomic E-state index is 13.4. The van der Waals surface area contributed by atoms with Gasteiger partial charge in [-0.05, 0) is 35.5 Å². The number of rotatable bonds is 3. The highest BCUT2D eigenvalue weighted by Gasteiger charge is 2.10. The van der Waals surface area contributed by atoms with Gasteiger partial charge in [0, 0.05) is 9.79 Å². The van der Waals surface area contributed by atoms with E-state index in [4.69, 9.17) is 5.26 Å². The Kier molecular flexibility index (Phi) is 3.78. The third-order valence-electron chi connectivity index (χ3n) is 2.36. The van der Waals surface area contributed by atoms with Crippen molar-refractivity contribution in [3.63, 3.8) is 0 Å². The Morgan fingerprint density at radius 2 is 2.11 bits per heavy atom. The summed E-state index contributed by atoms with van der Waals surface area (Å²) in [7, 11) is 0. The zero-order valence-corrected chi connectivity index (χ0v) is 10.3. The molecule has 0 saturated heterocycles. The summed E-state index contributed by atoms with van der Waals surface area (Å²) < 4.78 is 13.4. The van der Waals surface area contributed by atoms with Crippen molar-refractivity contribution in [2.75, 3.05) is 0 Å². The monoisotopic (exact) mass is 274 g/mol. The molecule has 0 radical (unpaired) electrons. The molecule has 0 bridgehead atoms. The first-order valence-corrected chi connectivity index (χ1v) is 6.00. The Morgan fingerprint density at radius 1 is 1.32 bits per heavy atom. The molecule has 0 heterocycles. The van der Waals surface area contributed by atoms with Crippen molar-refractivity contribution in [2.24, 2.45) is 5.18 Å². The molecular weight excluding hydrogens is 267 g/mol. The second-order valence-corrected chi connectivity index (χ2v) is 4.68. The summed E-state index contributed by atoms with van der Waals surface area (Å²) in [4.78, 5) is 11.5. The van der Waals surface area contributed by atoms with Crippen LogP contribution in [0.4, 0.5) is 10.1 Å². The van der Waals surface area contributed by atoms with Crippen LogP contribution in [-0.4, -0.2) is 5.11 Å². The van der Waals surface area contributed by atoms with E-state index in [2.05, 4.69) is 5.18 Å². The lowest BCUT2D eigenvalue weighted by atomic mass is 10.2. The fraction of sp³-hybridized carbons (Fsp3) is 0. The first-order chi connectivity index (χ1) is 9.15. The van der Waals surface area contributed by atoms with Crippen LogP contribution in [0.25, 0.3) is 0 Å². The van der Waals surface area contributed by atoms with E-state index in [-0.39, 0.29) is 17.0 Å². The maximum Gasteiger partial charge on any atom is 0.150 e. The van der Waals surface area contributed by atoms with E-state index in [9.17, 15) is 14.4 Å². The molecule has 0 aliphatic carbocycles. The van der Waals surface area contributed by atoms with E-state index in [0.717, 1.165) is 11.8 Å². The molecule has 0 aliphatic rings. The predicted molar refractivity (Wildman–Crippen MR) is 68.8 cm³/mol. The number of hydrogen-bond acceptors (Lipinski definition) is 5. The van der Waals surface area contributed by atoms with Crippen LogP contribution in [0.1, 0.15) is 5.56 Å². The van der Waals surface area contributed by atoms with Crippen LogP contribution in [0.2, 0.25) is 0 Å². The normalized spacial score (nSPS) is 9.89. The molecule has 0 unspecified atom stereocenters. The number of phenolic OH excluding ortho intramolecular Hbond substituents is 1. The highest BCUT2D eigenvalue weighted by atomic mass is 32.2. The summed E-state index contributed by atoms with van der Waals surface area (Å²) in [5.74, 6) is -0.820. The van der Waals surface area contributed by atoms with E-state index < -0.39 is 5.82 Å². The highest BCUT2D eigenvalue weighted by molar-refractivity contribution is 7.99. The van der Waals surface area contributed by atoms with Crippen LogP contribution in [0.3, 0.4) is 0 Å². The van der Waals surface area contributed by atoms with Gasteiger partial charge >= 0.3 is 0 Å². The fourth-order valence-electron chi connectivity index (χ4n) is 1.46. The van der Waals surface area contributed by atoms with Crippen molar-refractivity contribution >= 4 is 17.4 Å². The minimum Gasteiger partial charge on any atom is -0.506 e. The van der Waals surface area contributed by atoms with Crippen molar-refractivity contribution in [1.82, 2.24) is 0 Å². The Morgan fingerprint density at radius 3 is 2.79 bits per heavy atom. The largest absolute Gasteiger partial charge is 0.506 e. The van der Waals surface area contributed by atoms with Gasteiger partial charge in [-0.3, -0.25) is 0 Å². The molecule has 0 fully saturated rings. The molecule has 4 nitrogen and oxygen atoms in total. The van der Waals surface area contributed by atoms with Gasteiger partial charge < -0.3 is 5.11 Å². The molecule has 0 aromatic heterocycles. The van der Waals surface area contributed by atoms with Gasteiger partial charge in [0.15, 0.2) is 5.69 Å². The number of hydrogen-bond donors (Lipinski definition) is 1. The Bertz CT molecular complexity index is 683.